The van der Waals surface area contributed by atoms with Crippen LogP contribution in [-0.4, -0.2) is 46.2 Å². The molecule has 8 nitrogen and oxygen atoms in total. The van der Waals surface area contributed by atoms with Gasteiger partial charge in [0.15, 0.2) is 0 Å². The number of nitrogens with zero attached hydrogens (tertiary/aromatic N) is 4. The summed E-state index contributed by atoms with van der Waals surface area (Å²) in [6.07, 6.45) is 6.37. The highest BCUT2D eigenvalue weighted by Crippen LogP contribution is 2.31. The summed E-state index contributed by atoms with van der Waals surface area (Å²) >= 11 is 0. The third-order valence-corrected chi connectivity index (χ3v) is 5.88. The Labute approximate surface area is 174 Å². The maximum atomic E-state index is 11.3. The number of carbonyl (C=O) groups excluding carboxylic acids is 1. The molecule has 1 fully saturated rings. The highest BCUT2D eigenvalue weighted by Gasteiger charge is 2.26. The van der Waals surface area contributed by atoms with Crippen molar-refractivity contribution in [1.82, 2.24) is 14.5 Å². The SMILES string of the molecule is NC(=O)Cn1ccc2c(OC3CCN(c4ncnc5c4COCC5)CC3)cccc21. The molecule has 3 aromatic rings. The van der Waals surface area contributed by atoms with Gasteiger partial charge in [0.05, 0.1) is 24.4 Å². The average molecular weight is 407 g/mol. The zero-order valence-electron chi connectivity index (χ0n) is 16.8. The van der Waals surface area contributed by atoms with Crippen LogP contribution in [-0.2, 0) is 29.1 Å². The van der Waals surface area contributed by atoms with Crippen molar-refractivity contribution >= 4 is 22.6 Å². The van der Waals surface area contributed by atoms with Crippen molar-refractivity contribution < 1.29 is 14.3 Å². The first kappa shape index (κ1) is 18.9. The quantitative estimate of drug-likeness (QED) is 0.695. The van der Waals surface area contributed by atoms with Crippen LogP contribution in [0.25, 0.3) is 10.9 Å². The van der Waals surface area contributed by atoms with E-state index in [0.29, 0.717) is 6.61 Å². The highest BCUT2D eigenvalue weighted by atomic mass is 16.5. The first-order valence-electron chi connectivity index (χ1n) is 10.4. The Bertz CT molecular complexity index is 1070. The van der Waals surface area contributed by atoms with Crippen LogP contribution in [0.2, 0.25) is 0 Å². The number of primary amides is 1. The summed E-state index contributed by atoms with van der Waals surface area (Å²) in [5, 5.41) is 1.00. The number of amides is 1. The second kappa shape index (κ2) is 7.95. The summed E-state index contributed by atoms with van der Waals surface area (Å²) in [6.45, 7) is 3.25. The minimum atomic E-state index is -0.358. The van der Waals surface area contributed by atoms with Gasteiger partial charge in [-0.3, -0.25) is 4.79 Å². The number of carbonyl (C=O) groups is 1. The van der Waals surface area contributed by atoms with Crippen LogP contribution in [0.1, 0.15) is 24.1 Å². The van der Waals surface area contributed by atoms with Gasteiger partial charge in [-0.05, 0) is 18.2 Å². The van der Waals surface area contributed by atoms with E-state index in [1.165, 1.54) is 0 Å². The first-order valence-corrected chi connectivity index (χ1v) is 10.4. The molecule has 156 valence electrons. The summed E-state index contributed by atoms with van der Waals surface area (Å²) in [5.74, 6) is 1.49. The van der Waals surface area contributed by atoms with Gasteiger partial charge in [-0.25, -0.2) is 9.97 Å². The lowest BCUT2D eigenvalue weighted by atomic mass is 10.1. The van der Waals surface area contributed by atoms with Gasteiger partial charge in [0, 0.05) is 49.5 Å². The molecule has 0 saturated carbocycles. The van der Waals surface area contributed by atoms with E-state index in [9.17, 15) is 4.79 Å². The number of anilines is 1. The van der Waals surface area contributed by atoms with E-state index in [0.717, 1.165) is 72.7 Å². The Kier molecular flexibility index (Phi) is 5.00. The van der Waals surface area contributed by atoms with Crippen LogP contribution in [0.3, 0.4) is 0 Å². The molecule has 2 N–H and O–H groups in total. The fourth-order valence-corrected chi connectivity index (χ4v) is 4.39. The van der Waals surface area contributed by atoms with Gasteiger partial charge in [0.25, 0.3) is 0 Å². The highest BCUT2D eigenvalue weighted by molar-refractivity contribution is 5.88. The van der Waals surface area contributed by atoms with Crippen molar-refractivity contribution in [3.63, 3.8) is 0 Å². The third-order valence-electron chi connectivity index (χ3n) is 5.88. The molecule has 5 rings (SSSR count). The normalized spacial score (nSPS) is 17.1. The van der Waals surface area contributed by atoms with E-state index < -0.39 is 0 Å². The van der Waals surface area contributed by atoms with Gasteiger partial charge < -0.3 is 24.7 Å². The Hall–Kier alpha value is -3.13. The van der Waals surface area contributed by atoms with Crippen molar-refractivity contribution in [2.45, 2.75) is 38.5 Å². The Morgan fingerprint density at radius 3 is 2.93 bits per heavy atom. The summed E-state index contributed by atoms with van der Waals surface area (Å²) in [5.41, 5.74) is 8.54. The van der Waals surface area contributed by atoms with Crippen LogP contribution in [0.4, 0.5) is 5.82 Å². The van der Waals surface area contributed by atoms with E-state index in [4.69, 9.17) is 15.2 Å². The third kappa shape index (κ3) is 3.59. The Balaban J connectivity index is 1.28. The van der Waals surface area contributed by atoms with Gasteiger partial charge in [-0.1, -0.05) is 6.07 Å². The van der Waals surface area contributed by atoms with E-state index >= 15 is 0 Å². The molecule has 0 aliphatic carbocycles. The fourth-order valence-electron chi connectivity index (χ4n) is 4.39. The fraction of sp³-hybridized carbons (Fsp3) is 0.409. The molecule has 0 atom stereocenters. The number of ether oxygens (including phenoxy) is 2. The lowest BCUT2D eigenvalue weighted by Gasteiger charge is -2.34. The molecule has 2 aromatic heterocycles. The number of rotatable bonds is 5. The molecule has 0 radical (unpaired) electrons. The minimum Gasteiger partial charge on any atom is -0.490 e. The number of nitrogens with two attached hydrogens (primary N) is 1. The Morgan fingerprint density at radius 2 is 2.10 bits per heavy atom. The summed E-state index contributed by atoms with van der Waals surface area (Å²) in [7, 11) is 0. The van der Waals surface area contributed by atoms with Crippen LogP contribution in [0, 0.1) is 0 Å². The number of fused-ring (bicyclic) bond motifs is 2. The number of hydrogen-bond donors (Lipinski definition) is 1. The van der Waals surface area contributed by atoms with Gasteiger partial charge >= 0.3 is 0 Å². The standard InChI is InChI=1S/C22H25N5O3/c23-21(28)12-27-10-6-16-19(27)2-1-3-20(16)30-15-4-8-26(9-5-15)22-17-13-29-11-7-18(17)24-14-25-22/h1-3,6,10,14-15H,4-5,7-9,11-13H2,(H2,23,28). The van der Waals surface area contributed by atoms with Crippen LogP contribution < -0.4 is 15.4 Å². The van der Waals surface area contributed by atoms with Gasteiger partial charge in [0.2, 0.25) is 5.91 Å². The number of hydrogen-bond acceptors (Lipinski definition) is 6. The molecule has 30 heavy (non-hydrogen) atoms. The monoisotopic (exact) mass is 407 g/mol. The van der Waals surface area contributed by atoms with Crippen molar-refractivity contribution in [3.8, 4) is 5.75 Å². The maximum Gasteiger partial charge on any atom is 0.237 e. The molecule has 0 spiro atoms. The molecule has 4 heterocycles. The van der Waals surface area contributed by atoms with Gasteiger partial charge in [-0.15, -0.1) is 0 Å². The first-order chi connectivity index (χ1) is 14.7. The average Bonchev–Trinajstić information content (AvgIpc) is 3.17. The van der Waals surface area contributed by atoms with Crippen molar-refractivity contribution in [2.24, 2.45) is 5.73 Å². The summed E-state index contributed by atoms with van der Waals surface area (Å²) in [4.78, 5) is 22.6. The lowest BCUT2D eigenvalue weighted by molar-refractivity contribution is -0.118. The molecule has 1 saturated heterocycles. The van der Waals surface area contributed by atoms with Crippen molar-refractivity contribution in [3.05, 3.63) is 48.0 Å². The minimum absolute atomic E-state index is 0.139. The molecule has 0 unspecified atom stereocenters. The molecular formula is C22H25N5O3. The van der Waals surface area contributed by atoms with Gasteiger partial charge in [-0.2, -0.15) is 0 Å². The maximum absolute atomic E-state index is 11.3. The second-order valence-corrected chi connectivity index (χ2v) is 7.83. The molecule has 8 heteroatoms. The molecule has 1 amide bonds. The van der Waals surface area contributed by atoms with E-state index in [2.05, 4.69) is 14.9 Å². The lowest BCUT2D eigenvalue weighted by Crippen LogP contribution is -2.39. The zero-order chi connectivity index (χ0) is 20.5. The van der Waals surface area contributed by atoms with E-state index in [1.807, 2.05) is 35.0 Å². The van der Waals surface area contributed by atoms with Crippen LogP contribution in [0.5, 0.6) is 5.75 Å². The number of piperidine rings is 1. The second-order valence-electron chi connectivity index (χ2n) is 7.83. The smallest absolute Gasteiger partial charge is 0.237 e. The van der Waals surface area contributed by atoms with Crippen LogP contribution in [0.15, 0.2) is 36.8 Å². The van der Waals surface area contributed by atoms with Crippen molar-refractivity contribution in [1.29, 1.82) is 0 Å². The molecule has 2 aliphatic rings. The van der Waals surface area contributed by atoms with Gasteiger partial charge in [0.1, 0.15) is 30.5 Å². The molecular weight excluding hydrogens is 382 g/mol. The molecule has 0 bridgehead atoms. The van der Waals surface area contributed by atoms with Crippen molar-refractivity contribution in [2.75, 3.05) is 24.6 Å². The molecule has 2 aliphatic heterocycles. The predicted molar refractivity (Wildman–Crippen MR) is 112 cm³/mol. The largest absolute Gasteiger partial charge is 0.490 e. The molecule has 1 aromatic carbocycles. The number of aromatic nitrogens is 3. The number of benzene rings is 1. The van der Waals surface area contributed by atoms with E-state index in [-0.39, 0.29) is 18.6 Å². The Morgan fingerprint density at radius 1 is 1.23 bits per heavy atom. The zero-order valence-corrected chi connectivity index (χ0v) is 16.8. The van der Waals surface area contributed by atoms with Crippen LogP contribution >= 0.6 is 0 Å². The summed E-state index contributed by atoms with van der Waals surface area (Å²) in [6, 6.07) is 7.91. The predicted octanol–water partition coefficient (Wildman–Crippen LogP) is 2.04. The topological polar surface area (TPSA) is 95.5 Å². The van der Waals surface area contributed by atoms with E-state index in [1.54, 1.807) is 6.33 Å². The summed E-state index contributed by atoms with van der Waals surface area (Å²) < 4.78 is 13.9.